The molecule has 0 amide bonds. The van der Waals surface area contributed by atoms with Crippen LogP contribution in [0.2, 0.25) is 0 Å². The lowest BCUT2D eigenvalue weighted by atomic mass is 10.1. The first-order valence-electron chi connectivity index (χ1n) is 6.41. The van der Waals surface area contributed by atoms with Gasteiger partial charge in [-0.15, -0.1) is 11.3 Å². The van der Waals surface area contributed by atoms with Crippen molar-refractivity contribution in [1.82, 2.24) is 9.97 Å². The second-order valence-corrected chi connectivity index (χ2v) is 5.61. The maximum absolute atomic E-state index is 12.5. The number of anilines is 1. The smallest absolute Gasteiger partial charge is 0.194 e. The summed E-state index contributed by atoms with van der Waals surface area (Å²) < 4.78 is 0. The van der Waals surface area contributed by atoms with Gasteiger partial charge in [-0.1, -0.05) is 12.1 Å². The van der Waals surface area contributed by atoms with Crippen LogP contribution >= 0.6 is 11.3 Å². The molecule has 0 aliphatic heterocycles. The first kappa shape index (κ1) is 12.9. The van der Waals surface area contributed by atoms with Gasteiger partial charge in [-0.05, 0) is 26.0 Å². The summed E-state index contributed by atoms with van der Waals surface area (Å²) in [6.45, 7) is 4.37. The number of aromatic amines is 1. The summed E-state index contributed by atoms with van der Waals surface area (Å²) in [6, 6.07) is 7.58. The Morgan fingerprint density at radius 3 is 2.85 bits per heavy atom. The van der Waals surface area contributed by atoms with Crippen LogP contribution in [0.1, 0.15) is 17.0 Å². The molecule has 0 fully saturated rings. The molecule has 2 N–H and O–H groups in total. The Kier molecular flexibility index (Phi) is 3.28. The lowest BCUT2D eigenvalue weighted by Crippen LogP contribution is -2.16. The quantitative estimate of drug-likeness (QED) is 0.777. The first-order valence-corrected chi connectivity index (χ1v) is 7.29. The van der Waals surface area contributed by atoms with E-state index in [4.69, 9.17) is 0 Å². The van der Waals surface area contributed by atoms with E-state index in [1.165, 1.54) is 0 Å². The van der Waals surface area contributed by atoms with Crippen molar-refractivity contribution in [1.29, 1.82) is 0 Å². The van der Waals surface area contributed by atoms with E-state index in [-0.39, 0.29) is 5.43 Å². The minimum absolute atomic E-state index is 0.0811. The van der Waals surface area contributed by atoms with Crippen molar-refractivity contribution in [2.45, 2.75) is 20.4 Å². The molecule has 0 spiro atoms. The maximum Gasteiger partial charge on any atom is 0.194 e. The average Bonchev–Trinajstić information content (AvgIpc) is 2.84. The number of nitrogens with one attached hydrogen (secondary N) is 2. The van der Waals surface area contributed by atoms with Crippen LogP contribution in [0.15, 0.2) is 34.4 Å². The fourth-order valence-corrected chi connectivity index (χ4v) is 2.90. The van der Waals surface area contributed by atoms with Gasteiger partial charge in [0.15, 0.2) is 10.6 Å². The molecule has 0 unspecified atom stereocenters. The highest BCUT2D eigenvalue weighted by Crippen LogP contribution is 2.16. The lowest BCUT2D eigenvalue weighted by molar-refractivity contribution is 1.05. The first-order chi connectivity index (χ1) is 9.65. The number of para-hydroxylation sites is 1. The van der Waals surface area contributed by atoms with E-state index < -0.39 is 0 Å². The number of H-pyrrole nitrogens is 1. The van der Waals surface area contributed by atoms with Crippen LogP contribution < -0.4 is 10.7 Å². The Morgan fingerprint density at radius 2 is 2.10 bits per heavy atom. The van der Waals surface area contributed by atoms with Gasteiger partial charge in [-0.2, -0.15) is 0 Å². The Labute approximate surface area is 120 Å². The van der Waals surface area contributed by atoms with Gasteiger partial charge in [-0.25, -0.2) is 4.98 Å². The van der Waals surface area contributed by atoms with Gasteiger partial charge < -0.3 is 10.3 Å². The predicted molar refractivity (Wildman–Crippen MR) is 83.5 cm³/mol. The van der Waals surface area contributed by atoms with Crippen molar-refractivity contribution in [3.8, 4) is 0 Å². The van der Waals surface area contributed by atoms with Crippen molar-refractivity contribution in [2.75, 3.05) is 5.32 Å². The molecule has 5 heteroatoms. The van der Waals surface area contributed by atoms with Gasteiger partial charge in [0.25, 0.3) is 0 Å². The molecule has 0 aliphatic carbocycles. The van der Waals surface area contributed by atoms with Gasteiger partial charge in [0, 0.05) is 34.1 Å². The molecule has 1 aromatic carbocycles. The maximum atomic E-state index is 12.5. The zero-order valence-corrected chi connectivity index (χ0v) is 12.2. The Morgan fingerprint density at radius 1 is 1.30 bits per heavy atom. The van der Waals surface area contributed by atoms with Crippen LogP contribution in [-0.2, 0) is 6.54 Å². The van der Waals surface area contributed by atoms with Crippen molar-refractivity contribution >= 4 is 27.4 Å². The summed E-state index contributed by atoms with van der Waals surface area (Å²) in [7, 11) is 0. The predicted octanol–water partition coefficient (Wildman–Crippen LogP) is 3.21. The standard InChI is InChI=1S/C15H15N3OS/c1-9-8-20-15(17-9)16-7-12-10(2)18-13-6-4-3-5-11(13)14(12)19/h3-6,8H,7H2,1-2H3,(H,16,17)(H,18,19). The highest BCUT2D eigenvalue weighted by atomic mass is 32.1. The molecule has 102 valence electrons. The van der Waals surface area contributed by atoms with Crippen LogP contribution in [0.25, 0.3) is 10.9 Å². The van der Waals surface area contributed by atoms with E-state index in [1.54, 1.807) is 11.3 Å². The zero-order chi connectivity index (χ0) is 14.1. The lowest BCUT2D eigenvalue weighted by Gasteiger charge is -2.08. The molecular weight excluding hydrogens is 270 g/mol. The van der Waals surface area contributed by atoms with Crippen LogP contribution in [0.4, 0.5) is 5.13 Å². The second-order valence-electron chi connectivity index (χ2n) is 4.75. The molecule has 0 bridgehead atoms. The van der Waals surface area contributed by atoms with E-state index in [0.717, 1.165) is 33.0 Å². The number of aromatic nitrogens is 2. The van der Waals surface area contributed by atoms with E-state index in [1.807, 2.05) is 43.5 Å². The summed E-state index contributed by atoms with van der Waals surface area (Å²) in [5.41, 5.74) is 3.61. The summed E-state index contributed by atoms with van der Waals surface area (Å²) in [5, 5.41) is 6.77. The van der Waals surface area contributed by atoms with Crippen LogP contribution in [0.3, 0.4) is 0 Å². The molecule has 2 heterocycles. The fourth-order valence-electron chi connectivity index (χ4n) is 2.21. The monoisotopic (exact) mass is 285 g/mol. The number of rotatable bonds is 3. The summed E-state index contributed by atoms with van der Waals surface area (Å²) in [5.74, 6) is 0. The summed E-state index contributed by atoms with van der Waals surface area (Å²) >= 11 is 1.55. The van der Waals surface area contributed by atoms with Gasteiger partial charge in [0.1, 0.15) is 0 Å². The largest absolute Gasteiger partial charge is 0.358 e. The zero-order valence-electron chi connectivity index (χ0n) is 11.4. The van der Waals surface area contributed by atoms with Gasteiger partial charge >= 0.3 is 0 Å². The van der Waals surface area contributed by atoms with Crippen molar-refractivity contribution in [2.24, 2.45) is 0 Å². The minimum Gasteiger partial charge on any atom is -0.358 e. The Hall–Kier alpha value is -2.14. The normalized spacial score (nSPS) is 10.9. The third-order valence-corrected chi connectivity index (χ3v) is 4.17. The fraction of sp³-hybridized carbons (Fsp3) is 0.200. The minimum atomic E-state index is 0.0811. The van der Waals surface area contributed by atoms with E-state index >= 15 is 0 Å². The summed E-state index contributed by atoms with van der Waals surface area (Å²) in [4.78, 5) is 20.1. The van der Waals surface area contributed by atoms with Crippen molar-refractivity contribution in [3.05, 3.63) is 56.8 Å². The molecule has 0 radical (unpaired) electrons. The number of pyridine rings is 1. The summed E-state index contributed by atoms with van der Waals surface area (Å²) in [6.07, 6.45) is 0. The molecule has 0 saturated carbocycles. The average molecular weight is 285 g/mol. The number of nitrogens with zero attached hydrogens (tertiary/aromatic N) is 1. The molecule has 4 nitrogen and oxygen atoms in total. The van der Waals surface area contributed by atoms with Gasteiger partial charge in [0.05, 0.1) is 5.69 Å². The Balaban J connectivity index is 1.97. The topological polar surface area (TPSA) is 57.8 Å². The number of hydrogen-bond acceptors (Lipinski definition) is 4. The number of fused-ring (bicyclic) bond motifs is 1. The Bertz CT molecular complexity index is 819. The van der Waals surface area contributed by atoms with Crippen LogP contribution in [0.5, 0.6) is 0 Å². The number of benzene rings is 1. The van der Waals surface area contributed by atoms with E-state index in [0.29, 0.717) is 6.54 Å². The molecule has 20 heavy (non-hydrogen) atoms. The molecular formula is C15H15N3OS. The molecule has 3 aromatic rings. The van der Waals surface area contributed by atoms with Crippen LogP contribution in [0, 0.1) is 13.8 Å². The SMILES string of the molecule is Cc1csc(NCc2c(C)[nH]c3ccccc3c2=O)n1. The van der Waals surface area contributed by atoms with Crippen LogP contribution in [-0.4, -0.2) is 9.97 Å². The molecule has 0 atom stereocenters. The van der Waals surface area contributed by atoms with E-state index in [9.17, 15) is 4.79 Å². The third-order valence-electron chi connectivity index (χ3n) is 3.26. The highest BCUT2D eigenvalue weighted by molar-refractivity contribution is 7.13. The van der Waals surface area contributed by atoms with Gasteiger partial charge in [0.2, 0.25) is 0 Å². The third kappa shape index (κ3) is 2.32. The van der Waals surface area contributed by atoms with Gasteiger partial charge in [-0.3, -0.25) is 4.79 Å². The second kappa shape index (κ2) is 5.09. The number of hydrogen-bond donors (Lipinski definition) is 2. The van der Waals surface area contributed by atoms with Crippen molar-refractivity contribution < 1.29 is 0 Å². The number of aryl methyl sites for hydroxylation is 2. The van der Waals surface area contributed by atoms with E-state index in [2.05, 4.69) is 15.3 Å². The molecule has 0 aliphatic rings. The molecule has 2 aromatic heterocycles. The van der Waals surface area contributed by atoms with Crippen molar-refractivity contribution in [3.63, 3.8) is 0 Å². The molecule has 3 rings (SSSR count). The highest BCUT2D eigenvalue weighted by Gasteiger charge is 2.09. The molecule has 0 saturated heterocycles. The number of thiazole rings is 1.